The maximum atomic E-state index is 10.3. The molecule has 0 aromatic heterocycles. The van der Waals surface area contributed by atoms with Crippen LogP contribution in [-0.4, -0.2) is 71.2 Å². The third kappa shape index (κ3) is 26.0. The number of carboxylic acids is 1. The van der Waals surface area contributed by atoms with E-state index in [-0.39, 0.29) is 82.3 Å². The van der Waals surface area contributed by atoms with Crippen molar-refractivity contribution in [3.63, 3.8) is 0 Å². The zero-order valence-electron chi connectivity index (χ0n) is 15.1. The molecule has 0 fully saturated rings. The first-order valence-corrected chi connectivity index (χ1v) is 8.71. The minimum absolute atomic E-state index is 0. The van der Waals surface area contributed by atoms with Crippen LogP contribution in [0.3, 0.4) is 0 Å². The summed E-state index contributed by atoms with van der Waals surface area (Å²) in [5.74, 6) is -0.689. The SMILES string of the molecule is CCCCCC[C@@H](O)C/C=C\CCCCCCCC(=O)O.[Ba].[Cd]. The van der Waals surface area contributed by atoms with Gasteiger partial charge >= 0.3 is 5.97 Å². The number of allylic oxidation sites excluding steroid dienone is 1. The van der Waals surface area contributed by atoms with Crippen molar-refractivity contribution >= 4 is 54.9 Å². The fraction of sp³-hybridized carbons (Fsp3) is 0.833. The number of unbranched alkanes of at least 4 members (excludes halogenated alkanes) is 8. The van der Waals surface area contributed by atoms with Crippen molar-refractivity contribution in [2.75, 3.05) is 0 Å². The number of aliphatic hydroxyl groups excluding tert-OH is 1. The first-order valence-electron chi connectivity index (χ1n) is 8.71. The van der Waals surface area contributed by atoms with Crippen LogP contribution >= 0.6 is 0 Å². The van der Waals surface area contributed by atoms with Gasteiger partial charge < -0.3 is 10.2 Å². The van der Waals surface area contributed by atoms with Gasteiger partial charge in [-0.15, -0.1) is 0 Å². The average molecular weight is 548 g/mol. The van der Waals surface area contributed by atoms with Gasteiger partial charge in [-0.1, -0.05) is 64.0 Å². The number of rotatable bonds is 15. The van der Waals surface area contributed by atoms with Crippen LogP contribution in [0, 0.1) is 0 Å². The summed E-state index contributed by atoms with van der Waals surface area (Å²) in [6.07, 6.45) is 17.4. The van der Waals surface area contributed by atoms with Gasteiger partial charge in [-0.05, 0) is 32.1 Å². The molecule has 0 aliphatic carbocycles. The molecule has 2 N–H and O–H groups in total. The van der Waals surface area contributed by atoms with E-state index in [0.29, 0.717) is 6.42 Å². The number of aliphatic hydroxyl groups is 1. The van der Waals surface area contributed by atoms with Crippen LogP contribution in [0.5, 0.6) is 0 Å². The summed E-state index contributed by atoms with van der Waals surface area (Å²) < 4.78 is 0. The van der Waals surface area contributed by atoms with Crippen molar-refractivity contribution in [2.45, 2.75) is 96.5 Å². The molecular formula is C18H34BaCdO3. The molecule has 3 nitrogen and oxygen atoms in total. The summed E-state index contributed by atoms with van der Waals surface area (Å²) in [5.41, 5.74) is 0. The maximum absolute atomic E-state index is 10.3. The molecule has 0 unspecified atom stereocenters. The van der Waals surface area contributed by atoms with Crippen LogP contribution in [0.4, 0.5) is 0 Å². The Labute approximate surface area is 203 Å². The van der Waals surface area contributed by atoms with E-state index >= 15 is 0 Å². The van der Waals surface area contributed by atoms with Crippen molar-refractivity contribution in [1.29, 1.82) is 0 Å². The zero-order valence-corrected chi connectivity index (χ0v) is 23.6. The quantitative estimate of drug-likeness (QED) is 0.177. The molecule has 0 bridgehead atoms. The Balaban J connectivity index is -0.00000200. The fourth-order valence-corrected chi connectivity index (χ4v) is 2.36. The second kappa shape index (κ2) is 23.7. The first kappa shape index (κ1) is 29.4. The van der Waals surface area contributed by atoms with E-state index in [1.165, 1.54) is 25.7 Å². The largest absolute Gasteiger partial charge is 0.481 e. The Morgan fingerprint density at radius 2 is 1.57 bits per heavy atom. The molecule has 0 aromatic rings. The first-order chi connectivity index (χ1) is 10.2. The standard InChI is InChI=1S/C18H34O3.Ba.Cd/c1-2-3-4-11-14-17(19)15-12-9-7-5-6-8-10-13-16-18(20)21;;/h9,12,17,19H,2-8,10-11,13-16H2,1H3,(H,20,21);;/b12-9-;;/t17-;;/m1../s1. The molecule has 1 atom stereocenters. The second-order valence-corrected chi connectivity index (χ2v) is 5.91. The van der Waals surface area contributed by atoms with Crippen molar-refractivity contribution < 1.29 is 42.3 Å². The molecule has 0 saturated heterocycles. The zero-order chi connectivity index (χ0) is 15.8. The van der Waals surface area contributed by atoms with Gasteiger partial charge in [0.2, 0.25) is 0 Å². The molecule has 0 aliphatic rings. The molecule has 128 valence electrons. The van der Waals surface area contributed by atoms with E-state index in [0.717, 1.165) is 51.4 Å². The minimum atomic E-state index is -0.689. The number of hydrogen-bond acceptors (Lipinski definition) is 2. The average Bonchev–Trinajstić information content (AvgIpc) is 2.45. The molecule has 0 heterocycles. The summed E-state index contributed by atoms with van der Waals surface area (Å²) in [7, 11) is 0. The summed E-state index contributed by atoms with van der Waals surface area (Å²) in [6, 6.07) is 0. The molecule has 2 radical (unpaired) electrons. The van der Waals surface area contributed by atoms with E-state index in [2.05, 4.69) is 19.1 Å². The van der Waals surface area contributed by atoms with E-state index in [1.54, 1.807) is 0 Å². The van der Waals surface area contributed by atoms with Crippen LogP contribution in [0.2, 0.25) is 0 Å². The molecular weight excluding hydrogens is 514 g/mol. The predicted molar refractivity (Wildman–Crippen MR) is 94.2 cm³/mol. The normalized spacial score (nSPS) is 11.7. The summed E-state index contributed by atoms with van der Waals surface area (Å²) in [5, 5.41) is 18.3. The smallest absolute Gasteiger partial charge is 0.303 e. The molecule has 0 spiro atoms. The van der Waals surface area contributed by atoms with Crippen molar-refractivity contribution in [3.05, 3.63) is 12.2 Å². The Kier molecular flexibility index (Phi) is 30.3. The third-order valence-electron chi connectivity index (χ3n) is 3.73. The number of hydrogen-bond donors (Lipinski definition) is 2. The molecule has 0 amide bonds. The van der Waals surface area contributed by atoms with Crippen LogP contribution in [0.25, 0.3) is 0 Å². The topological polar surface area (TPSA) is 57.5 Å². The van der Waals surface area contributed by atoms with E-state index in [1.807, 2.05) is 0 Å². The van der Waals surface area contributed by atoms with Gasteiger partial charge in [0.15, 0.2) is 0 Å². The Morgan fingerprint density at radius 3 is 2.22 bits per heavy atom. The van der Waals surface area contributed by atoms with Crippen molar-refractivity contribution in [2.24, 2.45) is 0 Å². The summed E-state index contributed by atoms with van der Waals surface area (Å²) >= 11 is 0. The Morgan fingerprint density at radius 1 is 0.957 bits per heavy atom. The molecule has 0 saturated carbocycles. The number of aliphatic carboxylic acids is 1. The van der Waals surface area contributed by atoms with Gasteiger partial charge in [0, 0.05) is 82.6 Å². The van der Waals surface area contributed by atoms with E-state index in [4.69, 9.17) is 5.11 Å². The summed E-state index contributed by atoms with van der Waals surface area (Å²) in [6.45, 7) is 2.20. The van der Waals surface area contributed by atoms with Crippen LogP contribution in [-0.2, 0) is 32.1 Å². The van der Waals surface area contributed by atoms with Gasteiger partial charge in [0.05, 0.1) is 6.10 Å². The van der Waals surface area contributed by atoms with Gasteiger partial charge in [-0.2, -0.15) is 0 Å². The minimum Gasteiger partial charge on any atom is -0.481 e. The Hall–Kier alpha value is 1.66. The van der Waals surface area contributed by atoms with Crippen LogP contribution in [0.1, 0.15) is 90.4 Å². The van der Waals surface area contributed by atoms with E-state index in [9.17, 15) is 9.90 Å². The van der Waals surface area contributed by atoms with Crippen molar-refractivity contribution in [3.8, 4) is 0 Å². The fourth-order valence-electron chi connectivity index (χ4n) is 2.36. The van der Waals surface area contributed by atoms with Gasteiger partial charge in [-0.25, -0.2) is 0 Å². The van der Waals surface area contributed by atoms with Crippen molar-refractivity contribution in [1.82, 2.24) is 0 Å². The number of carboxylic acid groups (broad SMARTS) is 1. The molecule has 23 heavy (non-hydrogen) atoms. The molecule has 0 rings (SSSR count). The molecule has 5 heteroatoms. The predicted octanol–water partition coefficient (Wildman–Crippen LogP) is 4.70. The van der Waals surface area contributed by atoms with Gasteiger partial charge in [-0.3, -0.25) is 4.79 Å². The number of carbonyl (C=O) groups is 1. The van der Waals surface area contributed by atoms with E-state index < -0.39 is 5.97 Å². The van der Waals surface area contributed by atoms with Crippen LogP contribution in [0.15, 0.2) is 12.2 Å². The van der Waals surface area contributed by atoms with Gasteiger partial charge in [0.25, 0.3) is 0 Å². The maximum Gasteiger partial charge on any atom is 0.303 e. The van der Waals surface area contributed by atoms with Gasteiger partial charge in [0.1, 0.15) is 0 Å². The monoisotopic (exact) mass is 550 g/mol. The summed E-state index contributed by atoms with van der Waals surface area (Å²) in [4.78, 5) is 10.3. The second-order valence-electron chi connectivity index (χ2n) is 5.91. The third-order valence-corrected chi connectivity index (χ3v) is 3.73. The molecule has 0 aromatic carbocycles. The Bertz CT molecular complexity index is 273. The van der Waals surface area contributed by atoms with Crippen LogP contribution < -0.4 is 0 Å². The molecule has 0 aliphatic heterocycles.